The van der Waals surface area contributed by atoms with Gasteiger partial charge in [0.2, 0.25) is 18.2 Å². The van der Waals surface area contributed by atoms with Crippen LogP contribution in [0.25, 0.3) is 0 Å². The third-order valence-corrected chi connectivity index (χ3v) is 8.06. The molecule has 2 aliphatic heterocycles. The summed E-state index contributed by atoms with van der Waals surface area (Å²) in [6.45, 7) is 9.63. The summed E-state index contributed by atoms with van der Waals surface area (Å²) in [6.07, 6.45) is 2.27. The van der Waals surface area contributed by atoms with Crippen LogP contribution in [0.1, 0.15) is 74.9 Å². The molecule has 0 aromatic heterocycles. The van der Waals surface area contributed by atoms with Crippen LogP contribution in [-0.2, 0) is 41.7 Å². The predicted octanol–water partition coefficient (Wildman–Crippen LogP) is 4.43. The molecule has 1 atom stereocenters. The van der Waals surface area contributed by atoms with Gasteiger partial charge in [-0.05, 0) is 70.5 Å². The Balaban J connectivity index is 0.000000260. The number of carbonyl (C=O) groups is 4. The summed E-state index contributed by atoms with van der Waals surface area (Å²) >= 11 is 6.07. The van der Waals surface area contributed by atoms with Gasteiger partial charge in [-0.1, -0.05) is 23.7 Å². The highest BCUT2D eigenvalue weighted by molar-refractivity contribution is 6.31. The Kier molecular flexibility index (Phi) is 13.7. The van der Waals surface area contributed by atoms with Gasteiger partial charge in [-0.15, -0.1) is 0 Å². The zero-order valence-corrected chi connectivity index (χ0v) is 29.0. The topological polar surface area (TPSA) is 145 Å². The maximum atomic E-state index is 12.4. The number of nitrogens with one attached hydrogen (secondary N) is 3. The smallest absolute Gasteiger partial charge is 0.255 e. The maximum absolute atomic E-state index is 12.4. The highest BCUT2D eigenvalue weighted by Crippen LogP contribution is 2.30. The quantitative estimate of drug-likeness (QED) is 0.142. The number of fused-ring (bicyclic) bond motifs is 1. The van der Waals surface area contributed by atoms with Gasteiger partial charge in [0, 0.05) is 68.9 Å². The minimum atomic E-state index is -0.546. The average Bonchev–Trinajstić information content (AvgIpc) is 3.31. The third-order valence-electron chi connectivity index (χ3n) is 7.84. The van der Waals surface area contributed by atoms with E-state index < -0.39 is 11.6 Å². The fraction of sp³-hybridized carbons (Fsp3) is 0.529. The summed E-state index contributed by atoms with van der Waals surface area (Å²) in [6, 6.07) is 10.3. The van der Waals surface area contributed by atoms with Crippen molar-refractivity contribution in [3.8, 4) is 5.75 Å². The third kappa shape index (κ3) is 11.3. The summed E-state index contributed by atoms with van der Waals surface area (Å²) in [5, 5.41) is 8.44. The zero-order chi connectivity index (χ0) is 34.8. The Labute approximate surface area is 281 Å². The first-order chi connectivity index (χ1) is 22.2. The van der Waals surface area contributed by atoms with E-state index >= 15 is 0 Å². The van der Waals surface area contributed by atoms with Gasteiger partial charge in [-0.2, -0.15) is 0 Å². The summed E-state index contributed by atoms with van der Waals surface area (Å²) in [5.41, 5.74) is 2.43. The molecule has 2 heterocycles. The molecule has 1 fully saturated rings. The summed E-state index contributed by atoms with van der Waals surface area (Å²) in [4.78, 5) is 47.7. The second-order valence-electron chi connectivity index (χ2n) is 12.7. The van der Waals surface area contributed by atoms with Gasteiger partial charge in [0.25, 0.3) is 5.91 Å². The van der Waals surface area contributed by atoms with E-state index in [2.05, 4.69) is 16.0 Å². The van der Waals surface area contributed by atoms with Gasteiger partial charge < -0.3 is 34.5 Å². The van der Waals surface area contributed by atoms with E-state index in [0.29, 0.717) is 60.8 Å². The van der Waals surface area contributed by atoms with Crippen molar-refractivity contribution in [3.05, 3.63) is 58.1 Å². The first kappa shape index (κ1) is 37.9. The molecule has 0 saturated carbocycles. The van der Waals surface area contributed by atoms with E-state index in [1.54, 1.807) is 37.3 Å². The highest BCUT2D eigenvalue weighted by atomic mass is 35.5. The lowest BCUT2D eigenvalue weighted by Gasteiger charge is -2.31. The number of piperidine rings is 1. The van der Waals surface area contributed by atoms with Crippen LogP contribution in [0, 0.1) is 0 Å². The standard InChI is InChI=1S/C19H30ClNO5.C15H17N3O3/c1-18(2,7-8-25-19(3,4)12-17(23-5)24-6)26-16-10-14(20)9-15(11-16)21-13-22;1-16-7-9-2-3-11-10(6-9)8-18(15(11)21)12-4-5-13(19)17-14(12)20/h9-11,13,17H,7-8,12H2,1-6H3,(H,21,22);2-3,6,12,16H,4-5,7-8H2,1H3,(H,17,19,20). The molecular weight excluding hydrogens is 628 g/mol. The number of amides is 4. The zero-order valence-electron chi connectivity index (χ0n) is 28.2. The number of anilines is 1. The monoisotopic (exact) mass is 674 g/mol. The van der Waals surface area contributed by atoms with E-state index in [1.165, 1.54) is 0 Å². The molecule has 12 nitrogen and oxygen atoms in total. The number of carbonyl (C=O) groups excluding carboxylic acids is 4. The summed E-state index contributed by atoms with van der Waals surface area (Å²) < 4.78 is 22.5. The SMILES string of the molecule is CNCc1ccc2c(c1)CN(C1CCC(=O)NC1=O)C2=O.COC(CC(C)(C)OCCC(C)(C)Oc1cc(Cl)cc(NC=O)c1)OC. The molecule has 0 aliphatic carbocycles. The van der Waals surface area contributed by atoms with Crippen LogP contribution in [0.15, 0.2) is 36.4 Å². The van der Waals surface area contributed by atoms with Crippen molar-refractivity contribution < 1.29 is 38.1 Å². The van der Waals surface area contributed by atoms with Crippen molar-refractivity contribution in [1.82, 2.24) is 15.5 Å². The van der Waals surface area contributed by atoms with Gasteiger partial charge >= 0.3 is 0 Å². The summed E-state index contributed by atoms with van der Waals surface area (Å²) in [7, 11) is 5.09. The van der Waals surface area contributed by atoms with Gasteiger partial charge in [0.1, 0.15) is 17.4 Å². The second kappa shape index (κ2) is 17.0. The molecule has 47 heavy (non-hydrogen) atoms. The normalized spacial score (nSPS) is 16.4. The van der Waals surface area contributed by atoms with Gasteiger partial charge in [0.15, 0.2) is 6.29 Å². The Bertz CT molecular complexity index is 1410. The minimum Gasteiger partial charge on any atom is -0.488 e. The first-order valence-corrected chi connectivity index (χ1v) is 15.9. The molecular formula is C34H47ClN4O8. The van der Waals surface area contributed by atoms with E-state index in [-0.39, 0.29) is 36.0 Å². The van der Waals surface area contributed by atoms with Crippen LogP contribution < -0.4 is 20.7 Å². The lowest BCUT2D eigenvalue weighted by molar-refractivity contribution is -0.152. The minimum absolute atomic E-state index is 0.129. The van der Waals surface area contributed by atoms with Crippen molar-refractivity contribution in [2.75, 3.05) is 33.2 Å². The van der Waals surface area contributed by atoms with Crippen LogP contribution in [0.4, 0.5) is 5.69 Å². The molecule has 258 valence electrons. The fourth-order valence-electron chi connectivity index (χ4n) is 5.38. The molecule has 2 aromatic rings. The molecule has 1 saturated heterocycles. The Morgan fingerprint density at radius 3 is 2.43 bits per heavy atom. The number of hydrogen-bond donors (Lipinski definition) is 3. The van der Waals surface area contributed by atoms with Crippen molar-refractivity contribution in [1.29, 1.82) is 0 Å². The van der Waals surface area contributed by atoms with E-state index in [0.717, 1.165) is 17.7 Å². The lowest BCUT2D eigenvalue weighted by Crippen LogP contribution is -2.52. The van der Waals surface area contributed by atoms with Crippen molar-refractivity contribution in [2.45, 2.75) is 90.0 Å². The predicted molar refractivity (Wildman–Crippen MR) is 178 cm³/mol. The molecule has 4 rings (SSSR count). The number of rotatable bonds is 15. The maximum Gasteiger partial charge on any atom is 0.255 e. The highest BCUT2D eigenvalue weighted by Gasteiger charge is 2.39. The van der Waals surface area contributed by atoms with Gasteiger partial charge in [0.05, 0.1) is 12.2 Å². The van der Waals surface area contributed by atoms with Crippen molar-refractivity contribution in [2.24, 2.45) is 0 Å². The molecule has 1 unspecified atom stereocenters. The van der Waals surface area contributed by atoms with Crippen molar-refractivity contribution in [3.63, 3.8) is 0 Å². The number of methoxy groups -OCH3 is 2. The number of imide groups is 1. The molecule has 0 radical (unpaired) electrons. The molecule has 0 bridgehead atoms. The van der Waals surface area contributed by atoms with Crippen LogP contribution in [0.3, 0.4) is 0 Å². The lowest BCUT2D eigenvalue weighted by atomic mass is 10.0. The summed E-state index contributed by atoms with van der Waals surface area (Å²) in [5.74, 6) is -0.181. The first-order valence-electron chi connectivity index (χ1n) is 15.5. The van der Waals surface area contributed by atoms with E-state index in [4.69, 9.17) is 30.5 Å². The molecule has 0 spiro atoms. The van der Waals surface area contributed by atoms with Crippen LogP contribution >= 0.6 is 11.6 Å². The van der Waals surface area contributed by atoms with Crippen LogP contribution in [0.2, 0.25) is 5.02 Å². The van der Waals surface area contributed by atoms with E-state index in [9.17, 15) is 19.2 Å². The molecule has 3 N–H and O–H groups in total. The fourth-order valence-corrected chi connectivity index (χ4v) is 5.61. The Hall–Kier alpha value is -3.55. The Morgan fingerprint density at radius 2 is 1.79 bits per heavy atom. The number of nitrogens with zero attached hydrogens (tertiary/aromatic N) is 1. The molecule has 13 heteroatoms. The van der Waals surface area contributed by atoms with Crippen LogP contribution in [-0.4, -0.2) is 80.4 Å². The Morgan fingerprint density at radius 1 is 1.06 bits per heavy atom. The number of ether oxygens (including phenoxy) is 4. The molecule has 2 aromatic carbocycles. The largest absolute Gasteiger partial charge is 0.488 e. The van der Waals surface area contributed by atoms with E-state index in [1.807, 2.05) is 52.9 Å². The van der Waals surface area contributed by atoms with Gasteiger partial charge in [-0.25, -0.2) is 0 Å². The van der Waals surface area contributed by atoms with Gasteiger partial charge in [-0.3, -0.25) is 24.5 Å². The number of halogens is 1. The number of benzene rings is 2. The average molecular weight is 675 g/mol. The second-order valence-corrected chi connectivity index (χ2v) is 13.1. The van der Waals surface area contributed by atoms with Crippen LogP contribution in [0.5, 0.6) is 5.75 Å². The number of hydrogen-bond acceptors (Lipinski definition) is 9. The molecule has 2 aliphatic rings. The molecule has 4 amide bonds. The van der Waals surface area contributed by atoms with Crippen molar-refractivity contribution >= 4 is 41.4 Å².